The van der Waals surface area contributed by atoms with Crippen LogP contribution in [0.1, 0.15) is 88.1 Å². The van der Waals surface area contributed by atoms with E-state index in [-0.39, 0.29) is 100 Å². The van der Waals surface area contributed by atoms with E-state index in [1.165, 1.54) is 41.7 Å². The molecule has 2 fully saturated rings. The number of hydrogen-bond acceptors (Lipinski definition) is 14. The van der Waals surface area contributed by atoms with Crippen LogP contribution in [0.4, 0.5) is 0 Å². The summed E-state index contributed by atoms with van der Waals surface area (Å²) < 4.78 is 0. The lowest BCUT2D eigenvalue weighted by atomic mass is 9.97. The summed E-state index contributed by atoms with van der Waals surface area (Å²) in [6.07, 6.45) is 5.47. The number of H-pyrrole nitrogens is 2. The van der Waals surface area contributed by atoms with E-state index in [0.717, 1.165) is 10.8 Å². The van der Waals surface area contributed by atoms with Crippen LogP contribution >= 0.6 is 0 Å². The SMILES string of the molecule is CCNC(=O)[C@@H]1CCCN1C(=O)[C@H](CCCN=C(N)N)NC(=O)[C@H](CC(C)C)NC(=O)[C@@H](Cc1c[nH]c2ccccc12)NC(=O)[C@H](Cc1ccc(O)cc1)NC(=O)[C@H](CO)NC(=O)[C@H](Cc1cccc2ccccc12)NC(=O)[C@H](Cc1cnc[nH]1)NC(=O)[C@@H]1CCC(=O)N1. The van der Waals surface area contributed by atoms with Crippen molar-refractivity contribution in [2.45, 2.75) is 146 Å². The molecule has 4 aromatic carbocycles. The average Bonchev–Trinajstić information content (AvgIpc) is 1.36. The number of aliphatic hydroxyl groups excluding tert-OH is 1. The molecule has 17 N–H and O–H groups in total. The lowest BCUT2D eigenvalue weighted by Gasteiger charge is -2.30. The Labute approximate surface area is 542 Å². The van der Waals surface area contributed by atoms with Gasteiger partial charge in [-0.05, 0) is 97.0 Å². The van der Waals surface area contributed by atoms with Crippen LogP contribution in [0.15, 0.2) is 115 Å². The molecule has 0 aliphatic carbocycles. The number of carbonyl (C=O) groups excluding carboxylic acids is 10. The fourth-order valence-electron chi connectivity index (χ4n) is 11.7. The van der Waals surface area contributed by atoms with Crippen molar-refractivity contribution in [2.75, 3.05) is 26.2 Å². The monoisotopic (exact) mass is 1290 g/mol. The quantitative estimate of drug-likeness (QED) is 0.0149. The van der Waals surface area contributed by atoms with Crippen molar-refractivity contribution in [3.05, 3.63) is 132 Å². The zero-order chi connectivity index (χ0) is 67.4. The minimum atomic E-state index is -1.78. The second-order valence-electron chi connectivity index (χ2n) is 24.0. The fourth-order valence-corrected chi connectivity index (χ4v) is 11.7. The summed E-state index contributed by atoms with van der Waals surface area (Å²) in [6, 6.07) is 14.0. The molecule has 0 saturated carbocycles. The number of aliphatic imine (C=N–C) groups is 1. The molecule has 2 saturated heterocycles. The minimum Gasteiger partial charge on any atom is -0.508 e. The van der Waals surface area contributed by atoms with Gasteiger partial charge in [-0.25, -0.2) is 4.98 Å². The summed E-state index contributed by atoms with van der Waals surface area (Å²) in [5, 5.41) is 48.0. The van der Waals surface area contributed by atoms with E-state index < -0.39 is 108 Å². The highest BCUT2D eigenvalue weighted by Crippen LogP contribution is 2.24. The Balaban J connectivity index is 1.06. The molecule has 0 bridgehead atoms. The maximum Gasteiger partial charge on any atom is 0.245 e. The van der Waals surface area contributed by atoms with Gasteiger partial charge in [0.25, 0.3) is 0 Å². The molecule has 2 aromatic heterocycles. The molecule has 10 amide bonds. The summed E-state index contributed by atoms with van der Waals surface area (Å²) in [4.78, 5) is 158. The average molecular weight is 1290 g/mol. The number of aliphatic hydroxyl groups is 1. The molecule has 94 heavy (non-hydrogen) atoms. The first-order valence-electron chi connectivity index (χ1n) is 31.6. The van der Waals surface area contributed by atoms with Gasteiger partial charge in [-0.3, -0.25) is 52.9 Å². The number of amides is 10. The number of nitrogens with two attached hydrogens (primary N) is 2. The van der Waals surface area contributed by atoms with Crippen LogP contribution in [0.2, 0.25) is 0 Å². The number of aromatic nitrogens is 3. The highest BCUT2D eigenvalue weighted by molar-refractivity contribution is 6.00. The predicted octanol–water partition coefficient (Wildman–Crippen LogP) is -0.0883. The molecule has 500 valence electrons. The van der Waals surface area contributed by atoms with E-state index in [0.29, 0.717) is 52.7 Å². The summed E-state index contributed by atoms with van der Waals surface area (Å²) in [5.41, 5.74) is 14.0. The van der Waals surface area contributed by atoms with Crippen LogP contribution in [0.5, 0.6) is 5.75 Å². The van der Waals surface area contributed by atoms with Crippen LogP contribution in [0.25, 0.3) is 21.7 Å². The van der Waals surface area contributed by atoms with Crippen molar-refractivity contribution in [1.29, 1.82) is 0 Å². The number of hydrogen-bond donors (Lipinski definition) is 15. The van der Waals surface area contributed by atoms with Crippen LogP contribution in [0, 0.1) is 5.92 Å². The molecule has 0 unspecified atom stereocenters. The molecule has 0 spiro atoms. The number of rotatable bonds is 32. The Morgan fingerprint density at radius 3 is 1.89 bits per heavy atom. The number of benzene rings is 4. The van der Waals surface area contributed by atoms with Gasteiger partial charge in [-0.1, -0.05) is 86.6 Å². The number of para-hydroxylation sites is 1. The molecule has 2 aliphatic heterocycles. The third kappa shape index (κ3) is 19.1. The summed E-state index contributed by atoms with van der Waals surface area (Å²) >= 11 is 0. The van der Waals surface area contributed by atoms with Gasteiger partial charge in [0.15, 0.2) is 5.96 Å². The van der Waals surface area contributed by atoms with E-state index in [4.69, 9.17) is 11.5 Å². The Morgan fingerprint density at radius 1 is 0.660 bits per heavy atom. The van der Waals surface area contributed by atoms with E-state index in [9.17, 15) is 48.6 Å². The zero-order valence-corrected chi connectivity index (χ0v) is 52.7. The largest absolute Gasteiger partial charge is 0.508 e. The molecule has 9 atom stereocenters. The second-order valence-corrected chi connectivity index (χ2v) is 24.0. The third-order valence-corrected chi connectivity index (χ3v) is 16.5. The first kappa shape index (κ1) is 69.5. The topological polar surface area (TPSA) is 432 Å². The molecule has 6 aromatic rings. The van der Waals surface area contributed by atoms with Crippen LogP contribution < -0.4 is 59.3 Å². The Morgan fingerprint density at radius 2 is 1.26 bits per heavy atom. The van der Waals surface area contributed by atoms with Gasteiger partial charge >= 0.3 is 0 Å². The van der Waals surface area contributed by atoms with Crippen molar-refractivity contribution in [2.24, 2.45) is 22.4 Å². The van der Waals surface area contributed by atoms with Gasteiger partial charge in [0, 0.05) is 80.7 Å². The lowest BCUT2D eigenvalue weighted by molar-refractivity contribution is -0.142. The number of likely N-dealkylation sites (N-methyl/N-ethyl adjacent to an activating group) is 1. The standard InChI is InChI=1S/C66H84N16O12/c1-4-70-64(93)55-19-11-27-82(55)65(94)48(18-10-26-71-66(67)68)75-58(87)49(28-37(2)3)76-60(89)52(31-41-33-72-46-17-8-7-16-45(41)46)79-59(88)50(29-38-20-22-43(84)23-21-38)77-63(92)54(35-83)81-61(90)51(30-40-14-9-13-39-12-5-6-15-44(39)40)78-62(91)53(32-42-34-69-36-73-42)80-57(86)47-24-25-56(85)74-47/h5-9,12-17,20-23,33-34,36-37,47-55,72,83-84H,4,10-11,18-19,24-32,35H2,1-3H3,(H,69,73)(H,70,93)(H,74,85)(H,75,87)(H,76,89)(H,77,92)(H,78,91)(H,79,88)(H,80,86)(H,81,90)(H4,67,68,71)/t47-,48-,49-,50-,51-,52+,53-,54-,55-/m0/s1. The number of guanidine groups is 1. The number of aromatic hydroxyl groups is 1. The van der Waals surface area contributed by atoms with Gasteiger partial charge in [0.05, 0.1) is 12.9 Å². The van der Waals surface area contributed by atoms with Gasteiger partial charge in [-0.2, -0.15) is 0 Å². The number of aromatic amines is 2. The second kappa shape index (κ2) is 33.3. The highest BCUT2D eigenvalue weighted by Gasteiger charge is 2.40. The minimum absolute atomic E-state index is 0.0649. The summed E-state index contributed by atoms with van der Waals surface area (Å²) in [5.74, 6) is -7.56. The maximum absolute atomic E-state index is 15.1. The van der Waals surface area contributed by atoms with Crippen LogP contribution in [0.3, 0.4) is 0 Å². The van der Waals surface area contributed by atoms with Gasteiger partial charge in [0.1, 0.15) is 60.1 Å². The lowest BCUT2D eigenvalue weighted by Crippen LogP contribution is -2.61. The van der Waals surface area contributed by atoms with Crippen molar-refractivity contribution >= 4 is 86.7 Å². The number of nitrogens with zero attached hydrogens (tertiary/aromatic N) is 3. The highest BCUT2D eigenvalue weighted by atomic mass is 16.3. The van der Waals surface area contributed by atoms with E-state index >= 15 is 9.59 Å². The van der Waals surface area contributed by atoms with Crippen LogP contribution in [-0.2, 0) is 73.6 Å². The Bertz CT molecular complexity index is 3680. The fraction of sp³-hybridized carbons (Fsp3) is 0.424. The predicted molar refractivity (Wildman–Crippen MR) is 348 cm³/mol. The van der Waals surface area contributed by atoms with E-state index in [1.807, 2.05) is 56.3 Å². The Kier molecular flexibility index (Phi) is 24.6. The van der Waals surface area contributed by atoms with Crippen molar-refractivity contribution in [1.82, 2.24) is 67.7 Å². The smallest absolute Gasteiger partial charge is 0.245 e. The molecule has 8 rings (SSSR count). The number of phenols is 1. The number of phenolic OH excluding ortho intramolecular Hbond substituents is 1. The normalized spacial score (nSPS) is 16.7. The number of imidazole rings is 1. The summed E-state index contributed by atoms with van der Waals surface area (Å²) in [6.45, 7) is 5.15. The number of fused-ring (bicyclic) bond motifs is 2. The first-order valence-corrected chi connectivity index (χ1v) is 31.6. The molecule has 4 heterocycles. The van der Waals surface area contributed by atoms with Crippen molar-refractivity contribution in [3.8, 4) is 5.75 Å². The molecule has 28 heteroatoms. The molecule has 2 aliphatic rings. The summed E-state index contributed by atoms with van der Waals surface area (Å²) in [7, 11) is 0. The molecule has 28 nitrogen and oxygen atoms in total. The van der Waals surface area contributed by atoms with E-state index in [2.05, 4.69) is 67.8 Å². The van der Waals surface area contributed by atoms with Crippen molar-refractivity contribution in [3.63, 3.8) is 0 Å². The van der Waals surface area contributed by atoms with Gasteiger partial charge < -0.3 is 84.4 Å². The zero-order valence-electron chi connectivity index (χ0n) is 52.7. The third-order valence-electron chi connectivity index (χ3n) is 16.5. The van der Waals surface area contributed by atoms with Gasteiger partial charge in [-0.15, -0.1) is 0 Å². The molecular weight excluding hydrogens is 1210 g/mol. The molecule has 0 radical (unpaired) electrons. The number of likely N-dealkylation sites (tertiary alicyclic amines) is 1. The van der Waals surface area contributed by atoms with Crippen molar-refractivity contribution < 1.29 is 58.2 Å². The Hall–Kier alpha value is -10.4. The van der Waals surface area contributed by atoms with Gasteiger partial charge in [0.2, 0.25) is 59.1 Å². The van der Waals surface area contributed by atoms with Crippen LogP contribution in [-0.4, -0.2) is 176 Å². The van der Waals surface area contributed by atoms with E-state index in [1.54, 1.807) is 37.4 Å². The number of carbonyl (C=O) groups is 10. The molecular formula is C66H84N16O12. The maximum atomic E-state index is 15.1. The first-order chi connectivity index (χ1) is 45.2. The number of nitrogens with one attached hydrogen (secondary N) is 11.